The molecule has 0 aliphatic carbocycles. The summed E-state index contributed by atoms with van der Waals surface area (Å²) in [6, 6.07) is 5.44. The molecule has 0 unspecified atom stereocenters. The van der Waals surface area contributed by atoms with Crippen LogP contribution in [0.3, 0.4) is 0 Å². The minimum atomic E-state index is -4.69. The number of carbonyl (C=O) groups excluding carboxylic acids is 1. The van der Waals surface area contributed by atoms with Crippen LogP contribution in [0.4, 0.5) is 26.3 Å². The van der Waals surface area contributed by atoms with Gasteiger partial charge in [-0.15, -0.1) is 0 Å². The third-order valence-electron chi connectivity index (χ3n) is 6.87. The third-order valence-corrected chi connectivity index (χ3v) is 9.46. The quantitative estimate of drug-likeness (QED) is 0.415. The van der Waals surface area contributed by atoms with Crippen molar-refractivity contribution in [2.24, 2.45) is 5.92 Å². The number of benzene rings is 1. The summed E-state index contributed by atoms with van der Waals surface area (Å²) in [6.07, 6.45) is -8.11. The van der Waals surface area contributed by atoms with Crippen LogP contribution in [0.15, 0.2) is 47.5 Å². The third kappa shape index (κ3) is 6.08. The van der Waals surface area contributed by atoms with E-state index in [1.54, 1.807) is 0 Å². The molecule has 13 heteroatoms. The highest BCUT2D eigenvalue weighted by molar-refractivity contribution is 7.92. The van der Waals surface area contributed by atoms with Gasteiger partial charge in [0.05, 0.1) is 20.8 Å². The molecule has 1 saturated heterocycles. The first-order valence-electron chi connectivity index (χ1n) is 11.7. The standard InChI is InChI=1S/C25H28F6N2O4S/c1-22(2,37-20-9-8-18(15-32-20)25(29,30)31)21(34)33-12-10-16(11-13-33)23(3,4)38(35,36)19-7-5-6-17(14-19)24(26,27)28/h5-9,14-16H,10-13H2,1-4H3. The fraction of sp³-hybridized carbons (Fsp3) is 0.520. The van der Waals surface area contributed by atoms with Crippen molar-refractivity contribution in [3.8, 4) is 5.88 Å². The normalized spacial score (nSPS) is 16.4. The summed E-state index contributed by atoms with van der Waals surface area (Å²) in [5, 5.41) is 0. The molecule has 0 bridgehead atoms. The maximum Gasteiger partial charge on any atom is 0.417 e. The van der Waals surface area contributed by atoms with Gasteiger partial charge in [0.25, 0.3) is 5.91 Å². The molecule has 38 heavy (non-hydrogen) atoms. The van der Waals surface area contributed by atoms with E-state index in [0.29, 0.717) is 12.3 Å². The van der Waals surface area contributed by atoms with Crippen LogP contribution in [0.25, 0.3) is 0 Å². The molecule has 0 atom stereocenters. The molecular formula is C25H28F6N2O4S. The molecule has 0 spiro atoms. The molecule has 210 valence electrons. The Balaban J connectivity index is 1.69. The fourth-order valence-corrected chi connectivity index (χ4v) is 6.26. The van der Waals surface area contributed by atoms with Crippen LogP contribution < -0.4 is 4.74 Å². The highest BCUT2D eigenvalue weighted by Crippen LogP contribution is 2.40. The molecule has 1 aliphatic rings. The number of nitrogens with zero attached hydrogens (tertiary/aromatic N) is 2. The summed E-state index contributed by atoms with van der Waals surface area (Å²) >= 11 is 0. The number of likely N-dealkylation sites (tertiary alicyclic amines) is 1. The van der Waals surface area contributed by atoms with Gasteiger partial charge in [-0.2, -0.15) is 26.3 Å². The summed E-state index contributed by atoms with van der Waals surface area (Å²) in [6.45, 7) is 6.16. The minimum absolute atomic E-state index is 0.165. The molecule has 0 radical (unpaired) electrons. The Kier molecular flexibility index (Phi) is 7.86. The van der Waals surface area contributed by atoms with Crippen molar-refractivity contribution in [1.29, 1.82) is 0 Å². The highest BCUT2D eigenvalue weighted by Gasteiger charge is 2.46. The van der Waals surface area contributed by atoms with Gasteiger partial charge in [0.1, 0.15) is 0 Å². The molecule has 1 aromatic carbocycles. The summed E-state index contributed by atoms with van der Waals surface area (Å²) in [5.74, 6) is -1.08. The maximum absolute atomic E-state index is 13.4. The van der Waals surface area contributed by atoms with E-state index in [-0.39, 0.29) is 31.8 Å². The molecular weight excluding hydrogens is 538 g/mol. The second-order valence-electron chi connectivity index (χ2n) is 10.2. The van der Waals surface area contributed by atoms with Gasteiger partial charge >= 0.3 is 12.4 Å². The molecule has 6 nitrogen and oxygen atoms in total. The Morgan fingerprint density at radius 3 is 2.00 bits per heavy atom. The number of hydrogen-bond donors (Lipinski definition) is 0. The zero-order chi connectivity index (χ0) is 28.7. The van der Waals surface area contributed by atoms with Crippen LogP contribution in [0.5, 0.6) is 5.88 Å². The van der Waals surface area contributed by atoms with E-state index in [1.807, 2.05) is 0 Å². The van der Waals surface area contributed by atoms with E-state index in [1.165, 1.54) is 32.6 Å². The second kappa shape index (κ2) is 10.0. The molecule has 1 amide bonds. The monoisotopic (exact) mass is 566 g/mol. The molecule has 0 N–H and O–H groups in total. The number of sulfone groups is 1. The lowest BCUT2D eigenvalue weighted by Gasteiger charge is -2.42. The molecule has 1 aliphatic heterocycles. The average molecular weight is 567 g/mol. The van der Waals surface area contributed by atoms with Crippen molar-refractivity contribution in [3.05, 3.63) is 53.7 Å². The number of piperidine rings is 1. The fourth-order valence-electron chi connectivity index (χ4n) is 4.43. The maximum atomic E-state index is 13.4. The van der Waals surface area contributed by atoms with E-state index < -0.39 is 60.4 Å². The topological polar surface area (TPSA) is 76.6 Å². The Morgan fingerprint density at radius 1 is 0.921 bits per heavy atom. The summed E-state index contributed by atoms with van der Waals surface area (Å²) in [4.78, 5) is 17.8. The first-order valence-corrected chi connectivity index (χ1v) is 13.2. The Morgan fingerprint density at radius 2 is 1.50 bits per heavy atom. The number of pyridine rings is 1. The van der Waals surface area contributed by atoms with E-state index in [0.717, 1.165) is 30.3 Å². The first-order chi connectivity index (χ1) is 17.3. The first kappa shape index (κ1) is 29.7. The van der Waals surface area contributed by atoms with Gasteiger partial charge < -0.3 is 9.64 Å². The van der Waals surface area contributed by atoms with E-state index >= 15 is 0 Å². The van der Waals surface area contributed by atoms with Crippen molar-refractivity contribution in [1.82, 2.24) is 9.88 Å². The lowest BCUT2D eigenvalue weighted by molar-refractivity contribution is -0.147. The van der Waals surface area contributed by atoms with Gasteiger partial charge in [0.15, 0.2) is 15.4 Å². The van der Waals surface area contributed by atoms with Crippen LogP contribution in [-0.2, 0) is 27.0 Å². The van der Waals surface area contributed by atoms with Gasteiger partial charge in [-0.25, -0.2) is 13.4 Å². The molecule has 2 aromatic rings. The lowest BCUT2D eigenvalue weighted by Crippen LogP contribution is -2.53. The van der Waals surface area contributed by atoms with Gasteiger partial charge in [-0.1, -0.05) is 6.07 Å². The van der Waals surface area contributed by atoms with Crippen LogP contribution in [-0.4, -0.2) is 47.6 Å². The molecule has 2 heterocycles. The van der Waals surface area contributed by atoms with E-state index in [9.17, 15) is 39.6 Å². The van der Waals surface area contributed by atoms with Crippen molar-refractivity contribution in [2.45, 2.75) is 68.1 Å². The molecule has 3 rings (SSSR count). The largest absolute Gasteiger partial charge is 0.462 e. The zero-order valence-electron chi connectivity index (χ0n) is 21.2. The summed E-state index contributed by atoms with van der Waals surface area (Å²) < 4.78 is 109. The van der Waals surface area contributed by atoms with Gasteiger partial charge in [0.2, 0.25) is 5.88 Å². The van der Waals surface area contributed by atoms with Crippen molar-refractivity contribution >= 4 is 15.7 Å². The minimum Gasteiger partial charge on any atom is -0.462 e. The Hall–Kier alpha value is -2.83. The van der Waals surface area contributed by atoms with E-state index in [2.05, 4.69) is 4.98 Å². The number of halogens is 6. The van der Waals surface area contributed by atoms with Crippen LogP contribution >= 0.6 is 0 Å². The van der Waals surface area contributed by atoms with Crippen molar-refractivity contribution < 1.29 is 44.3 Å². The van der Waals surface area contributed by atoms with E-state index in [4.69, 9.17) is 4.74 Å². The predicted octanol–water partition coefficient (Wildman–Crippen LogP) is 5.77. The summed E-state index contributed by atoms with van der Waals surface area (Å²) in [7, 11) is -4.16. The number of hydrogen-bond acceptors (Lipinski definition) is 5. The van der Waals surface area contributed by atoms with Gasteiger partial charge in [0, 0.05) is 25.4 Å². The highest BCUT2D eigenvalue weighted by atomic mass is 32.2. The number of rotatable bonds is 6. The van der Waals surface area contributed by atoms with Crippen LogP contribution in [0.1, 0.15) is 51.7 Å². The zero-order valence-corrected chi connectivity index (χ0v) is 22.0. The predicted molar refractivity (Wildman–Crippen MR) is 126 cm³/mol. The Labute approximate surface area is 216 Å². The number of ether oxygens (including phenoxy) is 1. The van der Waals surface area contributed by atoms with Gasteiger partial charge in [-0.3, -0.25) is 4.79 Å². The second-order valence-corrected chi connectivity index (χ2v) is 12.7. The molecule has 1 aromatic heterocycles. The summed E-state index contributed by atoms with van der Waals surface area (Å²) in [5.41, 5.74) is -3.49. The molecule has 1 fully saturated rings. The molecule has 0 saturated carbocycles. The SMILES string of the molecule is CC(C)(Oc1ccc(C(F)(F)F)cn1)C(=O)N1CCC(C(C)(C)S(=O)(=O)c2cccc(C(F)(F)F)c2)CC1. The number of aromatic nitrogens is 1. The smallest absolute Gasteiger partial charge is 0.417 e. The van der Waals surface area contributed by atoms with Gasteiger partial charge in [-0.05, 0) is 70.7 Å². The Bertz CT molecular complexity index is 1260. The van der Waals surface area contributed by atoms with Crippen LogP contribution in [0, 0.1) is 5.92 Å². The lowest BCUT2D eigenvalue weighted by atomic mass is 9.85. The number of alkyl halides is 6. The van der Waals surface area contributed by atoms with Crippen molar-refractivity contribution in [2.75, 3.05) is 13.1 Å². The average Bonchev–Trinajstić information content (AvgIpc) is 2.82. The van der Waals surface area contributed by atoms with Crippen molar-refractivity contribution in [3.63, 3.8) is 0 Å². The van der Waals surface area contributed by atoms with Crippen LogP contribution in [0.2, 0.25) is 0 Å². The number of carbonyl (C=O) groups is 1. The number of amides is 1.